The molecule has 1 saturated carbocycles. The molecule has 1 unspecified atom stereocenters. The van der Waals surface area contributed by atoms with Crippen molar-refractivity contribution in [2.45, 2.75) is 31.5 Å². The molecular formula is C15H20N2O2. The van der Waals surface area contributed by atoms with E-state index in [2.05, 4.69) is 22.3 Å². The fourth-order valence-electron chi connectivity index (χ4n) is 3.21. The maximum atomic E-state index is 11.7. The number of benzene rings is 1. The van der Waals surface area contributed by atoms with Gasteiger partial charge < -0.3 is 10.4 Å². The molecule has 3 rings (SSSR count). The van der Waals surface area contributed by atoms with Crippen molar-refractivity contribution in [2.75, 3.05) is 13.6 Å². The summed E-state index contributed by atoms with van der Waals surface area (Å²) in [6, 6.07) is 8.36. The lowest BCUT2D eigenvalue weighted by molar-refractivity contribution is -0.146. The molecule has 1 atom stereocenters. The highest BCUT2D eigenvalue weighted by molar-refractivity contribution is 5.80. The van der Waals surface area contributed by atoms with Crippen LogP contribution in [0.15, 0.2) is 24.3 Å². The van der Waals surface area contributed by atoms with Gasteiger partial charge in [0.05, 0.1) is 0 Å². The van der Waals surface area contributed by atoms with E-state index in [-0.39, 0.29) is 5.92 Å². The summed E-state index contributed by atoms with van der Waals surface area (Å²) in [5.41, 5.74) is 1.88. The van der Waals surface area contributed by atoms with Gasteiger partial charge in [0.2, 0.25) is 0 Å². The van der Waals surface area contributed by atoms with Crippen LogP contribution in [0.2, 0.25) is 0 Å². The van der Waals surface area contributed by atoms with E-state index in [0.29, 0.717) is 6.54 Å². The summed E-state index contributed by atoms with van der Waals surface area (Å²) in [7, 11) is 1.77. The molecule has 1 aliphatic heterocycles. The van der Waals surface area contributed by atoms with Crippen LogP contribution >= 0.6 is 0 Å². The second kappa shape index (κ2) is 4.62. The van der Waals surface area contributed by atoms with Crippen molar-refractivity contribution < 1.29 is 9.90 Å². The lowest BCUT2D eigenvalue weighted by Gasteiger charge is -2.33. The lowest BCUT2D eigenvalue weighted by Crippen LogP contribution is -2.58. The Bertz CT molecular complexity index is 474. The predicted octanol–water partition coefficient (Wildman–Crippen LogP) is 1.45. The average molecular weight is 260 g/mol. The summed E-state index contributed by atoms with van der Waals surface area (Å²) >= 11 is 0. The molecule has 1 aromatic carbocycles. The van der Waals surface area contributed by atoms with Gasteiger partial charge in [-0.1, -0.05) is 24.3 Å². The zero-order chi connectivity index (χ0) is 13.5. The topological polar surface area (TPSA) is 52.6 Å². The standard InChI is InChI=1S/C15H20N2O2/c1-16-15(14(18)19,13-6-7-13)10-17-8-11-4-2-3-5-12(11)9-17/h2-5,13,16H,6-10H2,1H3,(H,18,19). The van der Waals surface area contributed by atoms with Gasteiger partial charge in [-0.15, -0.1) is 0 Å². The fourth-order valence-corrected chi connectivity index (χ4v) is 3.21. The minimum Gasteiger partial charge on any atom is -0.480 e. The number of carboxylic acids is 1. The molecule has 0 aromatic heterocycles. The third-order valence-corrected chi connectivity index (χ3v) is 4.48. The van der Waals surface area contributed by atoms with Crippen LogP contribution in [-0.4, -0.2) is 35.1 Å². The molecule has 1 aliphatic carbocycles. The van der Waals surface area contributed by atoms with Crippen LogP contribution in [0.1, 0.15) is 24.0 Å². The molecule has 0 spiro atoms. The van der Waals surface area contributed by atoms with Crippen molar-refractivity contribution in [1.29, 1.82) is 0 Å². The smallest absolute Gasteiger partial charge is 0.325 e. The number of aliphatic carboxylic acids is 1. The van der Waals surface area contributed by atoms with Crippen LogP contribution in [0, 0.1) is 5.92 Å². The molecular weight excluding hydrogens is 240 g/mol. The first-order valence-electron chi connectivity index (χ1n) is 6.87. The lowest BCUT2D eigenvalue weighted by atomic mass is 9.92. The highest BCUT2D eigenvalue weighted by Crippen LogP contribution is 2.41. The van der Waals surface area contributed by atoms with E-state index in [4.69, 9.17) is 0 Å². The second-order valence-electron chi connectivity index (χ2n) is 5.71. The summed E-state index contributed by atoms with van der Waals surface area (Å²) in [4.78, 5) is 13.9. The van der Waals surface area contributed by atoms with Crippen LogP contribution in [0.3, 0.4) is 0 Å². The van der Waals surface area contributed by atoms with Gasteiger partial charge in [-0.05, 0) is 36.9 Å². The zero-order valence-corrected chi connectivity index (χ0v) is 11.2. The maximum absolute atomic E-state index is 11.7. The van der Waals surface area contributed by atoms with Crippen molar-refractivity contribution in [3.8, 4) is 0 Å². The van der Waals surface area contributed by atoms with Gasteiger partial charge in [0.15, 0.2) is 0 Å². The Morgan fingerprint density at radius 1 is 1.37 bits per heavy atom. The van der Waals surface area contributed by atoms with Gasteiger partial charge in [-0.25, -0.2) is 0 Å². The summed E-state index contributed by atoms with van der Waals surface area (Å²) in [6.07, 6.45) is 2.04. The summed E-state index contributed by atoms with van der Waals surface area (Å²) < 4.78 is 0. The molecule has 1 aromatic rings. The van der Waals surface area contributed by atoms with E-state index < -0.39 is 11.5 Å². The van der Waals surface area contributed by atoms with Crippen molar-refractivity contribution in [1.82, 2.24) is 10.2 Å². The largest absolute Gasteiger partial charge is 0.480 e. The first kappa shape index (κ1) is 12.6. The molecule has 4 heteroatoms. The SMILES string of the molecule is CNC(CN1Cc2ccccc2C1)(C(=O)O)C1CC1. The summed E-state index contributed by atoms with van der Waals surface area (Å²) in [6.45, 7) is 2.30. The highest BCUT2D eigenvalue weighted by atomic mass is 16.4. The molecule has 0 amide bonds. The molecule has 0 saturated heterocycles. The van der Waals surface area contributed by atoms with Gasteiger partial charge in [-0.3, -0.25) is 9.69 Å². The zero-order valence-electron chi connectivity index (χ0n) is 11.2. The molecule has 19 heavy (non-hydrogen) atoms. The van der Waals surface area contributed by atoms with Crippen molar-refractivity contribution in [2.24, 2.45) is 5.92 Å². The molecule has 102 valence electrons. The molecule has 0 radical (unpaired) electrons. The van der Waals surface area contributed by atoms with Gasteiger partial charge in [-0.2, -0.15) is 0 Å². The van der Waals surface area contributed by atoms with Gasteiger partial charge in [0.1, 0.15) is 5.54 Å². The molecule has 1 heterocycles. The highest BCUT2D eigenvalue weighted by Gasteiger charge is 2.51. The minimum absolute atomic E-state index is 0.277. The summed E-state index contributed by atoms with van der Waals surface area (Å²) in [5, 5.41) is 12.7. The number of carboxylic acid groups (broad SMARTS) is 1. The number of hydrogen-bond donors (Lipinski definition) is 2. The van der Waals surface area contributed by atoms with Crippen LogP contribution in [0.5, 0.6) is 0 Å². The van der Waals surface area contributed by atoms with Crippen molar-refractivity contribution in [3.63, 3.8) is 0 Å². The van der Waals surface area contributed by atoms with E-state index in [1.807, 2.05) is 12.1 Å². The third kappa shape index (κ3) is 2.15. The number of carbonyl (C=O) groups is 1. The van der Waals surface area contributed by atoms with E-state index >= 15 is 0 Å². The number of nitrogens with zero attached hydrogens (tertiary/aromatic N) is 1. The number of rotatable bonds is 5. The van der Waals surface area contributed by atoms with Crippen molar-refractivity contribution in [3.05, 3.63) is 35.4 Å². The Labute approximate surface area is 113 Å². The van der Waals surface area contributed by atoms with Gasteiger partial charge in [0.25, 0.3) is 0 Å². The predicted molar refractivity (Wildman–Crippen MR) is 72.7 cm³/mol. The van der Waals surface area contributed by atoms with Crippen LogP contribution in [-0.2, 0) is 17.9 Å². The first-order chi connectivity index (χ1) is 9.15. The van der Waals surface area contributed by atoms with E-state index in [1.165, 1.54) is 11.1 Å². The number of hydrogen-bond acceptors (Lipinski definition) is 3. The maximum Gasteiger partial charge on any atom is 0.325 e. The molecule has 0 bridgehead atoms. The van der Waals surface area contributed by atoms with Crippen LogP contribution in [0.4, 0.5) is 0 Å². The Morgan fingerprint density at radius 2 is 1.95 bits per heavy atom. The quantitative estimate of drug-likeness (QED) is 0.841. The van der Waals surface area contributed by atoms with E-state index in [9.17, 15) is 9.90 Å². The molecule has 2 N–H and O–H groups in total. The molecule has 2 aliphatic rings. The van der Waals surface area contributed by atoms with Crippen LogP contribution < -0.4 is 5.32 Å². The molecule has 1 fully saturated rings. The van der Waals surface area contributed by atoms with E-state index in [0.717, 1.165) is 25.9 Å². The summed E-state index contributed by atoms with van der Waals surface area (Å²) in [5.74, 6) is -0.438. The van der Waals surface area contributed by atoms with Crippen LogP contribution in [0.25, 0.3) is 0 Å². The average Bonchev–Trinajstić information content (AvgIpc) is 3.16. The Balaban J connectivity index is 1.76. The number of nitrogens with one attached hydrogen (secondary N) is 1. The monoisotopic (exact) mass is 260 g/mol. The normalized spacial score (nSPS) is 21.9. The Hall–Kier alpha value is -1.39. The van der Waals surface area contributed by atoms with E-state index in [1.54, 1.807) is 7.05 Å². The fraction of sp³-hybridized carbons (Fsp3) is 0.533. The third-order valence-electron chi connectivity index (χ3n) is 4.48. The second-order valence-corrected chi connectivity index (χ2v) is 5.71. The van der Waals surface area contributed by atoms with Gasteiger partial charge in [0, 0.05) is 19.6 Å². The Morgan fingerprint density at radius 3 is 2.37 bits per heavy atom. The first-order valence-corrected chi connectivity index (χ1v) is 6.87. The van der Waals surface area contributed by atoms with Gasteiger partial charge >= 0.3 is 5.97 Å². The number of likely N-dealkylation sites (N-methyl/N-ethyl adjacent to an activating group) is 1. The minimum atomic E-state index is -0.776. The molecule has 4 nitrogen and oxygen atoms in total. The number of fused-ring (bicyclic) bond motifs is 1. The van der Waals surface area contributed by atoms with Crippen molar-refractivity contribution >= 4 is 5.97 Å². The Kier molecular flexibility index (Phi) is 3.07.